The van der Waals surface area contributed by atoms with Crippen LogP contribution in [0.5, 0.6) is 0 Å². The molecule has 0 spiro atoms. The summed E-state index contributed by atoms with van der Waals surface area (Å²) < 4.78 is 13.0. The van der Waals surface area contributed by atoms with Gasteiger partial charge in [0.15, 0.2) is 5.82 Å². The molecular weight excluding hydrogens is 238 g/mol. The number of aromatic nitrogens is 4. The average Bonchev–Trinajstić information content (AvgIpc) is 2.73. The third-order valence-electron chi connectivity index (χ3n) is 2.50. The van der Waals surface area contributed by atoms with E-state index in [0.717, 1.165) is 18.8 Å². The Morgan fingerprint density at radius 3 is 2.76 bits per heavy atom. The fourth-order valence-electron chi connectivity index (χ4n) is 1.66. The van der Waals surface area contributed by atoms with E-state index in [9.17, 15) is 4.21 Å². The first kappa shape index (κ1) is 14.2. The lowest BCUT2D eigenvalue weighted by Crippen LogP contribution is -2.25. The number of nitrogens with zero attached hydrogens (tertiary/aromatic N) is 4. The molecule has 0 fully saturated rings. The highest BCUT2D eigenvalue weighted by atomic mass is 32.2. The van der Waals surface area contributed by atoms with E-state index in [0.29, 0.717) is 5.75 Å². The molecule has 1 aromatic heterocycles. The molecule has 0 saturated carbocycles. The van der Waals surface area contributed by atoms with Crippen molar-refractivity contribution in [1.82, 2.24) is 25.5 Å². The van der Waals surface area contributed by atoms with Gasteiger partial charge in [0.05, 0.1) is 12.1 Å². The molecule has 1 heterocycles. The van der Waals surface area contributed by atoms with Gasteiger partial charge in [0.25, 0.3) is 0 Å². The van der Waals surface area contributed by atoms with Gasteiger partial charge in [-0.25, -0.2) is 4.68 Å². The first-order chi connectivity index (χ1) is 8.06. The molecule has 17 heavy (non-hydrogen) atoms. The summed E-state index contributed by atoms with van der Waals surface area (Å²) >= 11 is 0. The molecular formula is C10H21N5OS. The molecule has 0 aliphatic rings. The smallest absolute Gasteiger partial charge is 0.168 e. The minimum Gasteiger partial charge on any atom is -0.307 e. The Labute approximate surface area is 105 Å². The minimum absolute atomic E-state index is 0.0525. The van der Waals surface area contributed by atoms with Crippen molar-refractivity contribution in [3.63, 3.8) is 0 Å². The summed E-state index contributed by atoms with van der Waals surface area (Å²) in [6.45, 7) is 7.06. The summed E-state index contributed by atoms with van der Waals surface area (Å²) in [4.78, 5) is 0. The summed E-state index contributed by atoms with van der Waals surface area (Å²) in [7, 11) is -0.844. The maximum absolute atomic E-state index is 11.2. The maximum atomic E-state index is 11.2. The fraction of sp³-hybridized carbons (Fsp3) is 0.900. The normalized spacial score (nSPS) is 16.7. The lowest BCUT2D eigenvalue weighted by atomic mass is 10.3. The van der Waals surface area contributed by atoms with E-state index in [1.807, 2.05) is 13.8 Å². The van der Waals surface area contributed by atoms with Crippen molar-refractivity contribution < 1.29 is 4.21 Å². The standard InChI is InChI=1S/C10H21N5OS/c1-5-6-11-9(3)10-12-13-14-15(10)8(2)7-17(4)16/h8-9,11H,5-7H2,1-4H3. The van der Waals surface area contributed by atoms with Crippen molar-refractivity contribution >= 4 is 10.8 Å². The van der Waals surface area contributed by atoms with Crippen LogP contribution in [0.1, 0.15) is 45.1 Å². The Hall–Kier alpha value is -0.820. The summed E-state index contributed by atoms with van der Waals surface area (Å²) in [6.07, 6.45) is 2.76. The number of nitrogens with one attached hydrogen (secondary N) is 1. The third kappa shape index (κ3) is 4.16. The number of rotatable bonds is 7. The van der Waals surface area contributed by atoms with E-state index in [-0.39, 0.29) is 12.1 Å². The van der Waals surface area contributed by atoms with E-state index in [1.165, 1.54) is 0 Å². The van der Waals surface area contributed by atoms with Crippen LogP contribution in [0.2, 0.25) is 0 Å². The quantitative estimate of drug-likeness (QED) is 0.779. The van der Waals surface area contributed by atoms with Gasteiger partial charge in [-0.05, 0) is 37.2 Å². The van der Waals surface area contributed by atoms with E-state index >= 15 is 0 Å². The Balaban J connectivity index is 2.73. The monoisotopic (exact) mass is 259 g/mol. The maximum Gasteiger partial charge on any atom is 0.168 e. The van der Waals surface area contributed by atoms with Crippen LogP contribution < -0.4 is 5.32 Å². The van der Waals surface area contributed by atoms with Crippen LogP contribution in [0.15, 0.2) is 0 Å². The van der Waals surface area contributed by atoms with Gasteiger partial charge in [-0.2, -0.15) is 0 Å². The molecule has 0 aliphatic heterocycles. The van der Waals surface area contributed by atoms with Gasteiger partial charge in [0.1, 0.15) is 0 Å². The van der Waals surface area contributed by atoms with Crippen LogP contribution in [-0.2, 0) is 10.8 Å². The molecule has 0 radical (unpaired) electrons. The largest absolute Gasteiger partial charge is 0.307 e. The Bertz CT molecular complexity index is 367. The minimum atomic E-state index is -0.844. The second kappa shape index (κ2) is 6.80. The molecule has 0 aliphatic carbocycles. The van der Waals surface area contributed by atoms with Crippen LogP contribution >= 0.6 is 0 Å². The SMILES string of the molecule is CCCNC(C)c1nnnn1C(C)CS(C)=O. The van der Waals surface area contributed by atoms with Gasteiger partial charge in [-0.3, -0.25) is 4.21 Å². The topological polar surface area (TPSA) is 72.7 Å². The number of hydrogen-bond acceptors (Lipinski definition) is 5. The van der Waals surface area contributed by atoms with Crippen LogP contribution in [-0.4, -0.2) is 43.0 Å². The van der Waals surface area contributed by atoms with E-state index in [4.69, 9.17) is 0 Å². The van der Waals surface area contributed by atoms with Gasteiger partial charge >= 0.3 is 0 Å². The first-order valence-electron chi connectivity index (χ1n) is 5.87. The zero-order valence-electron chi connectivity index (χ0n) is 10.9. The Kier molecular flexibility index (Phi) is 5.70. The van der Waals surface area contributed by atoms with Gasteiger partial charge in [-0.1, -0.05) is 6.92 Å². The van der Waals surface area contributed by atoms with E-state index in [2.05, 4.69) is 27.8 Å². The summed E-state index contributed by atoms with van der Waals surface area (Å²) in [5, 5.41) is 15.1. The van der Waals surface area contributed by atoms with Crippen molar-refractivity contribution in [3.8, 4) is 0 Å². The van der Waals surface area contributed by atoms with E-state index in [1.54, 1.807) is 10.9 Å². The molecule has 1 aromatic rings. The molecule has 7 heteroatoms. The fourth-order valence-corrected chi connectivity index (χ4v) is 2.48. The summed E-state index contributed by atoms with van der Waals surface area (Å²) in [6, 6.07) is 0.161. The van der Waals surface area contributed by atoms with Crippen LogP contribution in [0.3, 0.4) is 0 Å². The van der Waals surface area contributed by atoms with Crippen molar-refractivity contribution in [2.75, 3.05) is 18.6 Å². The molecule has 1 rings (SSSR count). The predicted molar refractivity (Wildman–Crippen MR) is 68.2 cm³/mol. The molecule has 6 nitrogen and oxygen atoms in total. The lowest BCUT2D eigenvalue weighted by Gasteiger charge is -2.16. The van der Waals surface area contributed by atoms with Gasteiger partial charge < -0.3 is 5.32 Å². The average molecular weight is 259 g/mol. The van der Waals surface area contributed by atoms with Crippen molar-refractivity contribution in [2.45, 2.75) is 39.3 Å². The van der Waals surface area contributed by atoms with E-state index < -0.39 is 10.8 Å². The second-order valence-corrected chi connectivity index (χ2v) is 5.73. The molecule has 3 atom stereocenters. The molecule has 0 saturated heterocycles. The third-order valence-corrected chi connectivity index (χ3v) is 3.45. The van der Waals surface area contributed by atoms with Crippen molar-refractivity contribution in [1.29, 1.82) is 0 Å². The zero-order valence-corrected chi connectivity index (χ0v) is 11.7. The first-order valence-corrected chi connectivity index (χ1v) is 7.60. The molecule has 0 bridgehead atoms. The molecule has 0 amide bonds. The van der Waals surface area contributed by atoms with Gasteiger partial charge in [0, 0.05) is 22.8 Å². The van der Waals surface area contributed by atoms with Gasteiger partial charge in [0.2, 0.25) is 0 Å². The zero-order chi connectivity index (χ0) is 12.8. The molecule has 0 aromatic carbocycles. The highest BCUT2D eigenvalue weighted by Gasteiger charge is 2.18. The molecule has 98 valence electrons. The Morgan fingerprint density at radius 1 is 1.47 bits per heavy atom. The predicted octanol–water partition coefficient (Wildman–Crippen LogP) is 0.673. The number of tetrazole rings is 1. The summed E-state index contributed by atoms with van der Waals surface area (Å²) in [5.74, 6) is 1.37. The highest BCUT2D eigenvalue weighted by Crippen LogP contribution is 2.13. The van der Waals surface area contributed by atoms with Gasteiger partial charge in [-0.15, -0.1) is 5.10 Å². The second-order valence-electron chi connectivity index (χ2n) is 4.25. The highest BCUT2D eigenvalue weighted by molar-refractivity contribution is 7.84. The Morgan fingerprint density at radius 2 is 2.18 bits per heavy atom. The molecule has 3 unspecified atom stereocenters. The van der Waals surface area contributed by atoms with Crippen LogP contribution in [0, 0.1) is 0 Å². The van der Waals surface area contributed by atoms with Crippen LogP contribution in [0.25, 0.3) is 0 Å². The molecule has 1 N–H and O–H groups in total. The summed E-state index contributed by atoms with van der Waals surface area (Å²) in [5.41, 5.74) is 0. The van der Waals surface area contributed by atoms with Crippen molar-refractivity contribution in [3.05, 3.63) is 5.82 Å². The lowest BCUT2D eigenvalue weighted by molar-refractivity contribution is 0.450. The van der Waals surface area contributed by atoms with Crippen molar-refractivity contribution in [2.24, 2.45) is 0 Å². The van der Waals surface area contributed by atoms with Crippen LogP contribution in [0.4, 0.5) is 0 Å². The number of hydrogen-bond donors (Lipinski definition) is 1.